The Morgan fingerprint density at radius 3 is 2.65 bits per heavy atom. The fourth-order valence-corrected chi connectivity index (χ4v) is 2.66. The van der Waals surface area contributed by atoms with Crippen LogP contribution in [-0.4, -0.2) is 28.8 Å². The number of nitrogens with two attached hydrogens (primary N) is 2. The topological polar surface area (TPSA) is 121 Å². The highest BCUT2D eigenvalue weighted by atomic mass is 16.5. The van der Waals surface area contributed by atoms with Gasteiger partial charge < -0.3 is 21.2 Å². The van der Waals surface area contributed by atoms with Crippen LogP contribution in [0.5, 0.6) is 5.75 Å². The van der Waals surface area contributed by atoms with E-state index in [1.807, 2.05) is 42.5 Å². The molecule has 0 atom stereocenters. The normalized spacial score (nSPS) is 10.7. The first-order chi connectivity index (χ1) is 12.5. The molecule has 0 aliphatic rings. The van der Waals surface area contributed by atoms with Crippen LogP contribution in [0.4, 0.5) is 0 Å². The van der Waals surface area contributed by atoms with E-state index >= 15 is 0 Å². The Kier molecular flexibility index (Phi) is 4.90. The number of rotatable bonds is 5. The lowest BCUT2D eigenvalue weighted by atomic mass is 10.1. The molecule has 0 aliphatic heterocycles. The Morgan fingerprint density at radius 2 is 1.92 bits per heavy atom. The molecule has 0 saturated heterocycles. The number of ether oxygens (including phenoxy) is 1. The van der Waals surface area contributed by atoms with E-state index < -0.39 is 0 Å². The minimum Gasteiger partial charge on any atom is -0.487 e. The van der Waals surface area contributed by atoms with Crippen molar-refractivity contribution < 1.29 is 9.53 Å². The largest absolute Gasteiger partial charge is 0.487 e. The maximum Gasteiger partial charge on any atom is 0.276 e. The molecule has 134 valence electrons. The Hall–Kier alpha value is -3.32. The minimum absolute atomic E-state index is 0.315. The van der Waals surface area contributed by atoms with Gasteiger partial charge in [0.25, 0.3) is 5.91 Å². The molecule has 1 amide bonds. The second-order valence-corrected chi connectivity index (χ2v) is 5.97. The summed E-state index contributed by atoms with van der Waals surface area (Å²) in [7, 11) is 1.46. The van der Waals surface area contributed by atoms with E-state index in [0.29, 0.717) is 24.6 Å². The predicted molar refractivity (Wildman–Crippen MR) is 101 cm³/mol. The van der Waals surface area contributed by atoms with Crippen LogP contribution in [0.3, 0.4) is 0 Å². The van der Waals surface area contributed by atoms with Crippen LogP contribution in [0, 0.1) is 5.41 Å². The highest BCUT2D eigenvalue weighted by Gasteiger charge is 2.17. The maximum absolute atomic E-state index is 12.3. The molecule has 7 heteroatoms. The quantitative estimate of drug-likeness (QED) is 0.416. The van der Waals surface area contributed by atoms with Crippen LogP contribution in [0.25, 0.3) is 10.9 Å². The summed E-state index contributed by atoms with van der Waals surface area (Å²) < 4.78 is 5.94. The number of H-pyrrole nitrogens is 1. The lowest BCUT2D eigenvalue weighted by Gasteiger charge is -2.13. The smallest absolute Gasteiger partial charge is 0.276 e. The van der Waals surface area contributed by atoms with Crippen LogP contribution < -0.4 is 16.2 Å². The number of guanidine groups is 1. The van der Waals surface area contributed by atoms with Gasteiger partial charge in [-0.2, -0.15) is 0 Å². The Bertz CT molecular complexity index is 963. The molecule has 7 nitrogen and oxygen atoms in total. The number of carbonyl (C=O) groups is 1. The Balaban J connectivity index is 1.85. The maximum atomic E-state index is 12.3. The molecule has 0 aliphatic carbocycles. The third kappa shape index (κ3) is 3.52. The summed E-state index contributed by atoms with van der Waals surface area (Å²) in [6.07, 6.45) is 0. The number of amides is 1. The van der Waals surface area contributed by atoms with Gasteiger partial charge in [-0.05, 0) is 23.3 Å². The number of benzene rings is 2. The molecule has 0 radical (unpaired) electrons. The lowest BCUT2D eigenvalue weighted by Crippen LogP contribution is -2.38. The predicted octanol–water partition coefficient (Wildman–Crippen LogP) is 2.17. The first-order valence-electron chi connectivity index (χ1n) is 8.14. The van der Waals surface area contributed by atoms with Crippen molar-refractivity contribution in [2.45, 2.75) is 13.2 Å². The van der Waals surface area contributed by atoms with Gasteiger partial charge in [0.05, 0.1) is 5.52 Å². The summed E-state index contributed by atoms with van der Waals surface area (Å²) in [6, 6.07) is 15.2. The third-order valence-electron chi connectivity index (χ3n) is 4.14. The van der Waals surface area contributed by atoms with Crippen LogP contribution in [0.2, 0.25) is 0 Å². The molecular formula is C19H21N5O2. The van der Waals surface area contributed by atoms with E-state index in [2.05, 4.69) is 4.98 Å². The van der Waals surface area contributed by atoms with Crippen molar-refractivity contribution in [3.8, 4) is 5.75 Å². The van der Waals surface area contributed by atoms with Gasteiger partial charge >= 0.3 is 0 Å². The molecule has 0 unspecified atom stereocenters. The van der Waals surface area contributed by atoms with Gasteiger partial charge in [0.2, 0.25) is 0 Å². The SMILES string of the molecule is CN(C(=N)N)C(=O)c1cc2cccc(OCc3cccc(CN)c3)c2[nH]1. The van der Waals surface area contributed by atoms with Gasteiger partial charge in [-0.3, -0.25) is 15.1 Å². The fourth-order valence-electron chi connectivity index (χ4n) is 2.66. The van der Waals surface area contributed by atoms with E-state index in [0.717, 1.165) is 26.9 Å². The lowest BCUT2D eigenvalue weighted by molar-refractivity contribution is 0.0864. The van der Waals surface area contributed by atoms with Crippen molar-refractivity contribution in [3.63, 3.8) is 0 Å². The highest BCUT2D eigenvalue weighted by molar-refractivity contribution is 6.06. The number of nitrogens with one attached hydrogen (secondary N) is 2. The van der Waals surface area contributed by atoms with Crippen molar-refractivity contribution in [2.24, 2.45) is 11.5 Å². The second kappa shape index (κ2) is 7.28. The molecule has 0 fully saturated rings. The third-order valence-corrected chi connectivity index (χ3v) is 4.14. The molecule has 0 bridgehead atoms. The molecule has 3 rings (SSSR count). The minimum atomic E-state index is -0.379. The standard InChI is InChI=1S/C19H21N5O2/c1-24(19(21)22)18(25)15-9-14-6-3-7-16(17(14)23-15)26-11-13-5-2-4-12(8-13)10-20/h2-9,23H,10-11,20H2,1H3,(H3,21,22). The molecule has 1 heterocycles. The van der Waals surface area contributed by atoms with Gasteiger partial charge in [0, 0.05) is 19.0 Å². The van der Waals surface area contributed by atoms with Crippen LogP contribution in [-0.2, 0) is 13.2 Å². The second-order valence-electron chi connectivity index (χ2n) is 5.97. The van der Waals surface area contributed by atoms with Gasteiger partial charge in [0.15, 0.2) is 5.96 Å². The summed E-state index contributed by atoms with van der Waals surface area (Å²) in [4.78, 5) is 16.5. The van der Waals surface area contributed by atoms with Gasteiger partial charge in [-0.25, -0.2) is 0 Å². The first-order valence-corrected chi connectivity index (χ1v) is 8.14. The van der Waals surface area contributed by atoms with Crippen molar-refractivity contribution in [2.75, 3.05) is 7.05 Å². The van der Waals surface area contributed by atoms with Gasteiger partial charge in [-0.15, -0.1) is 0 Å². The monoisotopic (exact) mass is 351 g/mol. The number of aromatic nitrogens is 1. The number of para-hydroxylation sites is 1. The Morgan fingerprint density at radius 1 is 1.19 bits per heavy atom. The number of hydrogen-bond donors (Lipinski definition) is 4. The fraction of sp³-hybridized carbons (Fsp3) is 0.158. The zero-order valence-corrected chi connectivity index (χ0v) is 14.5. The van der Waals surface area contributed by atoms with Gasteiger partial charge in [-0.1, -0.05) is 36.4 Å². The summed E-state index contributed by atoms with van der Waals surface area (Å²) in [5.74, 6) is -0.0506. The van der Waals surface area contributed by atoms with Gasteiger partial charge in [0.1, 0.15) is 18.1 Å². The van der Waals surface area contributed by atoms with E-state index in [-0.39, 0.29) is 11.9 Å². The van der Waals surface area contributed by atoms with Crippen molar-refractivity contribution >= 4 is 22.8 Å². The van der Waals surface area contributed by atoms with E-state index in [9.17, 15) is 4.79 Å². The number of hydrogen-bond acceptors (Lipinski definition) is 4. The van der Waals surface area contributed by atoms with Crippen molar-refractivity contribution in [1.29, 1.82) is 5.41 Å². The zero-order valence-electron chi connectivity index (χ0n) is 14.5. The molecule has 2 aromatic carbocycles. The molecule has 26 heavy (non-hydrogen) atoms. The van der Waals surface area contributed by atoms with Crippen LogP contribution in [0.15, 0.2) is 48.5 Å². The summed E-state index contributed by atoms with van der Waals surface area (Å²) in [5, 5.41) is 8.23. The average molecular weight is 351 g/mol. The Labute approximate surface area is 151 Å². The molecule has 0 saturated carbocycles. The average Bonchev–Trinajstić information content (AvgIpc) is 3.10. The van der Waals surface area contributed by atoms with E-state index in [1.54, 1.807) is 6.07 Å². The number of carbonyl (C=O) groups excluding carboxylic acids is 1. The van der Waals surface area contributed by atoms with Crippen LogP contribution >= 0.6 is 0 Å². The van der Waals surface area contributed by atoms with Crippen LogP contribution in [0.1, 0.15) is 21.6 Å². The first kappa shape index (κ1) is 17.5. The summed E-state index contributed by atoms with van der Waals surface area (Å²) in [6.45, 7) is 0.873. The molecular weight excluding hydrogens is 330 g/mol. The molecule has 3 aromatic rings. The summed E-state index contributed by atoms with van der Waals surface area (Å²) in [5.41, 5.74) is 14.2. The van der Waals surface area contributed by atoms with E-state index in [4.69, 9.17) is 21.6 Å². The molecule has 6 N–H and O–H groups in total. The number of aromatic amines is 1. The molecule has 0 spiro atoms. The van der Waals surface area contributed by atoms with E-state index in [1.165, 1.54) is 7.05 Å². The number of fused-ring (bicyclic) bond motifs is 1. The number of nitrogens with zero attached hydrogens (tertiary/aromatic N) is 1. The summed E-state index contributed by atoms with van der Waals surface area (Å²) >= 11 is 0. The van der Waals surface area contributed by atoms with Crippen molar-refractivity contribution in [3.05, 3.63) is 65.4 Å². The molecule has 1 aromatic heterocycles. The highest BCUT2D eigenvalue weighted by Crippen LogP contribution is 2.27. The van der Waals surface area contributed by atoms with Crippen molar-refractivity contribution in [1.82, 2.24) is 9.88 Å². The zero-order chi connectivity index (χ0) is 18.7.